The van der Waals surface area contributed by atoms with Crippen molar-refractivity contribution in [3.63, 3.8) is 0 Å². The number of carbonyl (C=O) groups is 1. The number of rotatable bonds is 7. The SMILES string of the molecule is CCS(=O)(=O)CCS(=O)C(C)CC(=O)OC. The quantitative estimate of drug-likeness (QED) is 0.614. The number of sulfone groups is 1. The molecule has 0 amide bonds. The molecule has 2 unspecified atom stereocenters. The van der Waals surface area contributed by atoms with E-state index in [9.17, 15) is 17.4 Å². The van der Waals surface area contributed by atoms with E-state index in [0.29, 0.717) is 0 Å². The summed E-state index contributed by atoms with van der Waals surface area (Å²) in [6.07, 6.45) is 0.0509. The summed E-state index contributed by atoms with van der Waals surface area (Å²) in [4.78, 5) is 10.9. The third-order valence-electron chi connectivity index (χ3n) is 2.17. The van der Waals surface area contributed by atoms with Crippen LogP contribution in [-0.2, 0) is 30.2 Å². The van der Waals surface area contributed by atoms with Gasteiger partial charge in [-0.05, 0) is 0 Å². The maximum absolute atomic E-state index is 11.6. The lowest BCUT2D eigenvalue weighted by Gasteiger charge is -2.09. The van der Waals surface area contributed by atoms with E-state index in [1.54, 1.807) is 13.8 Å². The van der Waals surface area contributed by atoms with Gasteiger partial charge in [-0.25, -0.2) is 8.42 Å². The second-order valence-electron chi connectivity index (χ2n) is 3.41. The van der Waals surface area contributed by atoms with Crippen LogP contribution >= 0.6 is 0 Å². The highest BCUT2D eigenvalue weighted by Crippen LogP contribution is 2.04. The van der Waals surface area contributed by atoms with Gasteiger partial charge in [0.1, 0.15) is 0 Å². The Morgan fingerprint density at radius 2 is 2.00 bits per heavy atom. The minimum Gasteiger partial charge on any atom is -0.469 e. The molecule has 0 aromatic rings. The Morgan fingerprint density at radius 3 is 2.44 bits per heavy atom. The molecule has 0 saturated carbocycles. The van der Waals surface area contributed by atoms with Gasteiger partial charge in [0.05, 0.1) is 19.3 Å². The van der Waals surface area contributed by atoms with E-state index in [4.69, 9.17) is 0 Å². The van der Waals surface area contributed by atoms with Gasteiger partial charge in [-0.2, -0.15) is 0 Å². The van der Waals surface area contributed by atoms with Gasteiger partial charge >= 0.3 is 5.97 Å². The number of ether oxygens (including phenoxy) is 1. The van der Waals surface area contributed by atoms with Crippen molar-refractivity contribution in [2.45, 2.75) is 25.5 Å². The molecule has 0 rings (SSSR count). The third kappa shape index (κ3) is 6.22. The lowest BCUT2D eigenvalue weighted by molar-refractivity contribution is -0.140. The standard InChI is InChI=1S/C9H18O5S2/c1-4-16(12,13)6-5-15(11)8(2)7-9(10)14-3/h8H,4-7H2,1-3H3. The van der Waals surface area contributed by atoms with E-state index in [1.807, 2.05) is 0 Å². The monoisotopic (exact) mass is 270 g/mol. The van der Waals surface area contributed by atoms with Crippen molar-refractivity contribution in [2.24, 2.45) is 0 Å². The molecule has 0 spiro atoms. The van der Waals surface area contributed by atoms with Crippen molar-refractivity contribution in [1.82, 2.24) is 0 Å². The van der Waals surface area contributed by atoms with Crippen LogP contribution < -0.4 is 0 Å². The first-order chi connectivity index (χ1) is 7.32. The van der Waals surface area contributed by atoms with Crippen LogP contribution in [0, 0.1) is 0 Å². The lowest BCUT2D eigenvalue weighted by Crippen LogP contribution is -2.23. The van der Waals surface area contributed by atoms with Crippen molar-refractivity contribution >= 4 is 26.6 Å². The van der Waals surface area contributed by atoms with E-state index in [-0.39, 0.29) is 28.9 Å². The van der Waals surface area contributed by atoms with Gasteiger partial charge in [-0.3, -0.25) is 9.00 Å². The summed E-state index contributed by atoms with van der Waals surface area (Å²) in [5, 5.41) is -0.375. The molecule has 16 heavy (non-hydrogen) atoms. The average molecular weight is 270 g/mol. The molecule has 0 saturated heterocycles. The van der Waals surface area contributed by atoms with E-state index >= 15 is 0 Å². The first kappa shape index (κ1) is 15.6. The van der Waals surface area contributed by atoms with Gasteiger partial charge in [0.25, 0.3) is 0 Å². The van der Waals surface area contributed by atoms with Crippen LogP contribution in [0.15, 0.2) is 0 Å². The van der Waals surface area contributed by atoms with Crippen molar-refractivity contribution in [2.75, 3.05) is 24.4 Å². The Labute approximate surface area is 98.9 Å². The molecule has 0 aromatic carbocycles. The van der Waals surface area contributed by atoms with Crippen LogP contribution in [0.2, 0.25) is 0 Å². The molecule has 0 aliphatic rings. The van der Waals surface area contributed by atoms with Crippen LogP contribution in [-0.4, -0.2) is 48.2 Å². The summed E-state index contributed by atoms with van der Waals surface area (Å²) in [6, 6.07) is 0. The number of esters is 1. The van der Waals surface area contributed by atoms with Gasteiger partial charge in [0.2, 0.25) is 0 Å². The second kappa shape index (κ2) is 7.01. The zero-order valence-corrected chi connectivity index (χ0v) is 11.4. The predicted octanol–water partition coefficient (Wildman–Crippen LogP) is 0.121. The smallest absolute Gasteiger partial charge is 0.306 e. The minimum absolute atomic E-state index is 0.0509. The van der Waals surface area contributed by atoms with Crippen LogP contribution in [0.4, 0.5) is 0 Å². The number of hydrogen-bond donors (Lipinski definition) is 0. The zero-order chi connectivity index (χ0) is 12.8. The fourth-order valence-corrected chi connectivity index (χ4v) is 3.65. The Hall–Kier alpha value is -0.430. The minimum atomic E-state index is -3.09. The second-order valence-corrected chi connectivity index (χ2v) is 7.86. The van der Waals surface area contributed by atoms with Crippen molar-refractivity contribution in [3.05, 3.63) is 0 Å². The zero-order valence-electron chi connectivity index (χ0n) is 9.76. The Kier molecular flexibility index (Phi) is 6.82. The van der Waals surface area contributed by atoms with Crippen molar-refractivity contribution < 1.29 is 22.2 Å². The number of carbonyl (C=O) groups excluding carboxylic acids is 1. The van der Waals surface area contributed by atoms with Crippen LogP contribution in [0.5, 0.6) is 0 Å². The summed E-state index contributed by atoms with van der Waals surface area (Å²) in [5.41, 5.74) is 0. The highest BCUT2D eigenvalue weighted by atomic mass is 32.2. The molecule has 0 bridgehead atoms. The van der Waals surface area contributed by atoms with Crippen molar-refractivity contribution in [1.29, 1.82) is 0 Å². The molecule has 0 aromatic heterocycles. The molecular weight excluding hydrogens is 252 g/mol. The highest BCUT2D eigenvalue weighted by molar-refractivity contribution is 7.93. The summed E-state index contributed by atoms with van der Waals surface area (Å²) < 4.78 is 38.4. The van der Waals surface area contributed by atoms with E-state index < -0.39 is 26.6 Å². The van der Waals surface area contributed by atoms with Crippen LogP contribution in [0.25, 0.3) is 0 Å². The summed E-state index contributed by atoms with van der Waals surface area (Å²) in [7, 11) is -3.14. The van der Waals surface area contributed by atoms with Gasteiger partial charge in [0.15, 0.2) is 9.84 Å². The summed E-state index contributed by atoms with van der Waals surface area (Å²) in [5.74, 6) is -0.398. The molecular formula is C9H18O5S2. The molecule has 2 atom stereocenters. The molecule has 5 nitrogen and oxygen atoms in total. The molecule has 0 heterocycles. The topological polar surface area (TPSA) is 77.5 Å². The van der Waals surface area contributed by atoms with Crippen LogP contribution in [0.1, 0.15) is 20.3 Å². The number of hydrogen-bond acceptors (Lipinski definition) is 5. The molecule has 0 N–H and O–H groups in total. The number of methoxy groups -OCH3 is 1. The van der Waals surface area contributed by atoms with Gasteiger partial charge < -0.3 is 4.74 Å². The Balaban J connectivity index is 4.12. The molecule has 96 valence electrons. The Bertz CT molecular complexity index is 347. The maximum atomic E-state index is 11.6. The van der Waals surface area contributed by atoms with Gasteiger partial charge in [-0.1, -0.05) is 13.8 Å². The summed E-state index contributed by atoms with van der Waals surface area (Å²) in [6.45, 7) is 3.20. The Morgan fingerprint density at radius 1 is 1.44 bits per heavy atom. The highest BCUT2D eigenvalue weighted by Gasteiger charge is 2.18. The molecule has 0 aliphatic heterocycles. The lowest BCUT2D eigenvalue weighted by atomic mass is 10.3. The van der Waals surface area contributed by atoms with Crippen LogP contribution in [0.3, 0.4) is 0 Å². The molecule has 0 aliphatic carbocycles. The first-order valence-electron chi connectivity index (χ1n) is 4.96. The predicted molar refractivity (Wildman–Crippen MR) is 63.4 cm³/mol. The van der Waals surface area contributed by atoms with E-state index in [0.717, 1.165) is 0 Å². The average Bonchev–Trinajstić information content (AvgIpc) is 2.25. The maximum Gasteiger partial charge on any atom is 0.306 e. The van der Waals surface area contributed by atoms with E-state index in [2.05, 4.69) is 4.74 Å². The molecule has 7 heteroatoms. The van der Waals surface area contributed by atoms with Crippen molar-refractivity contribution in [3.8, 4) is 0 Å². The fourth-order valence-electron chi connectivity index (χ4n) is 0.966. The van der Waals surface area contributed by atoms with Gasteiger partial charge in [0, 0.05) is 27.6 Å². The largest absolute Gasteiger partial charge is 0.469 e. The fraction of sp³-hybridized carbons (Fsp3) is 0.889. The summed E-state index contributed by atoms with van der Waals surface area (Å²) >= 11 is 0. The third-order valence-corrected chi connectivity index (χ3v) is 5.80. The molecule has 0 fully saturated rings. The van der Waals surface area contributed by atoms with Gasteiger partial charge in [-0.15, -0.1) is 0 Å². The normalized spacial score (nSPS) is 15.4. The molecule has 0 radical (unpaired) electrons. The van der Waals surface area contributed by atoms with E-state index in [1.165, 1.54) is 7.11 Å². The first-order valence-corrected chi connectivity index (χ1v) is 8.17.